The number of nitrogens with zero attached hydrogens (tertiary/aromatic N) is 2. The molecule has 0 spiro atoms. The number of carbonyl (C=O) groups excluding carboxylic acids is 2. The van der Waals surface area contributed by atoms with Crippen LogP contribution in [-0.4, -0.2) is 79.4 Å². The maximum Gasteiger partial charge on any atom is 0.243 e. The fourth-order valence-corrected chi connectivity index (χ4v) is 4.14. The van der Waals surface area contributed by atoms with Crippen LogP contribution in [-0.2, 0) is 9.53 Å². The van der Waals surface area contributed by atoms with Gasteiger partial charge in [-0.2, -0.15) is 0 Å². The van der Waals surface area contributed by atoms with Gasteiger partial charge in [0.05, 0.1) is 51.6 Å². The minimum Gasteiger partial charge on any atom is -0.494 e. The second kappa shape index (κ2) is 12.0. The summed E-state index contributed by atoms with van der Waals surface area (Å²) in [6.45, 7) is 3.84. The fourth-order valence-electron chi connectivity index (χ4n) is 4.14. The number of carbonyl (C=O) groups is 2. The van der Waals surface area contributed by atoms with E-state index in [1.54, 1.807) is 0 Å². The van der Waals surface area contributed by atoms with Crippen molar-refractivity contribution in [1.29, 1.82) is 0 Å². The molecule has 39 heavy (non-hydrogen) atoms. The van der Waals surface area contributed by atoms with E-state index >= 15 is 8.78 Å². The van der Waals surface area contributed by atoms with Crippen LogP contribution in [0.5, 0.6) is 11.5 Å². The molecule has 1 saturated heterocycles. The highest BCUT2D eigenvalue weighted by Gasteiger charge is 2.30. The third kappa shape index (κ3) is 5.73. The number of benzene rings is 2. The second-order valence-corrected chi connectivity index (χ2v) is 8.52. The Balaban J connectivity index is 1.72. The van der Waals surface area contributed by atoms with Gasteiger partial charge in [0.15, 0.2) is 23.1 Å². The molecule has 3 aromatic rings. The van der Waals surface area contributed by atoms with Crippen molar-refractivity contribution in [2.24, 2.45) is 0 Å². The van der Waals surface area contributed by atoms with Crippen molar-refractivity contribution in [2.45, 2.75) is 12.1 Å². The Labute approximate surface area is 222 Å². The number of hydrogen-bond donors (Lipinski definition) is 4. The van der Waals surface area contributed by atoms with Crippen molar-refractivity contribution < 1.29 is 37.7 Å². The van der Waals surface area contributed by atoms with Gasteiger partial charge in [-0.15, -0.1) is 0 Å². The number of amides is 1. The zero-order valence-electron chi connectivity index (χ0n) is 21.2. The van der Waals surface area contributed by atoms with Crippen molar-refractivity contribution in [3.8, 4) is 11.5 Å². The average molecular weight is 544 g/mol. The highest BCUT2D eigenvalue weighted by Crippen LogP contribution is 2.34. The van der Waals surface area contributed by atoms with Gasteiger partial charge >= 0.3 is 0 Å². The van der Waals surface area contributed by atoms with Crippen molar-refractivity contribution in [3.05, 3.63) is 59.8 Å². The van der Waals surface area contributed by atoms with Crippen LogP contribution in [0.4, 0.5) is 20.4 Å². The normalized spacial score (nSPS) is 16.5. The van der Waals surface area contributed by atoms with E-state index < -0.39 is 23.0 Å². The van der Waals surface area contributed by atoms with E-state index in [1.807, 2.05) is 0 Å². The van der Waals surface area contributed by atoms with Crippen LogP contribution in [0.25, 0.3) is 10.9 Å². The lowest BCUT2D eigenvalue weighted by Gasteiger charge is -2.20. The van der Waals surface area contributed by atoms with Gasteiger partial charge in [-0.3, -0.25) is 9.59 Å². The predicted molar refractivity (Wildman–Crippen MR) is 138 cm³/mol. The number of ether oxygens (including phenoxy) is 3. The minimum atomic E-state index is -1.18. The van der Waals surface area contributed by atoms with E-state index in [0.29, 0.717) is 24.1 Å². The van der Waals surface area contributed by atoms with E-state index in [0.717, 1.165) is 6.07 Å². The molecule has 11 nitrogen and oxygen atoms in total. The Morgan fingerprint density at radius 3 is 2.49 bits per heavy atom. The van der Waals surface area contributed by atoms with E-state index in [-0.39, 0.29) is 59.8 Å². The number of anilines is 2. The number of hydrogen-bond acceptors (Lipinski definition) is 10. The Morgan fingerprint density at radius 2 is 1.85 bits per heavy atom. The summed E-state index contributed by atoms with van der Waals surface area (Å²) >= 11 is 0. The third-order valence-electron chi connectivity index (χ3n) is 6.10. The van der Waals surface area contributed by atoms with Gasteiger partial charge in [-0.25, -0.2) is 18.7 Å². The Kier molecular flexibility index (Phi) is 8.52. The maximum atomic E-state index is 15.1. The van der Waals surface area contributed by atoms with Crippen molar-refractivity contribution in [1.82, 2.24) is 15.3 Å². The zero-order chi connectivity index (χ0) is 28.1. The van der Waals surface area contributed by atoms with Gasteiger partial charge in [0.2, 0.25) is 17.6 Å². The lowest BCUT2D eigenvalue weighted by atomic mass is 9.98. The number of halogens is 2. The first-order valence-corrected chi connectivity index (χ1v) is 11.9. The Morgan fingerprint density at radius 1 is 1.15 bits per heavy atom. The lowest BCUT2D eigenvalue weighted by molar-refractivity contribution is -0.117. The number of aromatic nitrogens is 2. The molecule has 1 aromatic heterocycles. The number of fused-ring (bicyclic) bond motifs is 1. The molecule has 0 bridgehead atoms. The standard InChI is InChI=1S/C26H27F2N5O6/c1-4-21(35)31-17-11-39-12-18(17)33-26-30-10-13-7-14(16(29-5-6-34)8-15(13)32-26)25(36)22-23(27)19(37-2)9-20(38-3)24(22)28/h4,7-10,17-18,29,34H,1,5-6,11-12H2,2-3H3,(H,31,35)(H,30,32,33). The number of methoxy groups -OCH3 is 2. The number of aliphatic hydroxyl groups excluding tert-OH is 1. The van der Waals surface area contributed by atoms with Crippen LogP contribution in [0, 0.1) is 11.6 Å². The average Bonchev–Trinajstić information content (AvgIpc) is 3.37. The summed E-state index contributed by atoms with van der Waals surface area (Å²) in [5, 5.41) is 18.5. The highest BCUT2D eigenvalue weighted by molar-refractivity contribution is 6.15. The first kappa shape index (κ1) is 27.7. The van der Waals surface area contributed by atoms with Crippen molar-refractivity contribution >= 4 is 34.2 Å². The molecule has 1 aliphatic heterocycles. The first-order chi connectivity index (χ1) is 18.8. The maximum absolute atomic E-state index is 15.1. The summed E-state index contributed by atoms with van der Waals surface area (Å²) in [6, 6.07) is 3.28. The smallest absolute Gasteiger partial charge is 0.243 e. The molecule has 0 radical (unpaired) electrons. The molecule has 2 atom stereocenters. The fraction of sp³-hybridized carbons (Fsp3) is 0.308. The van der Waals surface area contributed by atoms with Crippen LogP contribution in [0.2, 0.25) is 0 Å². The first-order valence-electron chi connectivity index (χ1n) is 11.9. The molecule has 1 fully saturated rings. The lowest BCUT2D eigenvalue weighted by Crippen LogP contribution is -2.45. The topological polar surface area (TPSA) is 144 Å². The largest absolute Gasteiger partial charge is 0.494 e. The Bertz CT molecular complexity index is 1390. The van der Waals surface area contributed by atoms with Crippen LogP contribution < -0.4 is 25.4 Å². The van der Waals surface area contributed by atoms with Crippen LogP contribution in [0.15, 0.2) is 37.1 Å². The molecule has 1 amide bonds. The zero-order valence-corrected chi connectivity index (χ0v) is 21.2. The highest BCUT2D eigenvalue weighted by atomic mass is 19.1. The summed E-state index contributed by atoms with van der Waals surface area (Å²) in [5.41, 5.74) is -0.346. The van der Waals surface area contributed by atoms with Gasteiger partial charge in [-0.1, -0.05) is 6.58 Å². The molecule has 0 saturated carbocycles. The van der Waals surface area contributed by atoms with Crippen molar-refractivity contribution in [3.63, 3.8) is 0 Å². The SMILES string of the molecule is C=CC(=O)NC1COCC1Nc1ncc2cc(C(=O)c3c(F)c(OC)cc(OC)c3F)c(NCCO)cc2n1. The van der Waals surface area contributed by atoms with Crippen LogP contribution in [0.3, 0.4) is 0 Å². The Hall–Kier alpha value is -4.36. The van der Waals surface area contributed by atoms with Gasteiger partial charge in [0, 0.05) is 35.4 Å². The van der Waals surface area contributed by atoms with Crippen molar-refractivity contribution in [2.75, 3.05) is 51.2 Å². The molecular weight excluding hydrogens is 516 g/mol. The van der Waals surface area contributed by atoms with Gasteiger partial charge in [0.1, 0.15) is 5.56 Å². The van der Waals surface area contributed by atoms with E-state index in [2.05, 4.69) is 32.5 Å². The summed E-state index contributed by atoms with van der Waals surface area (Å²) in [5.74, 6) is -4.16. The van der Waals surface area contributed by atoms with E-state index in [4.69, 9.17) is 14.2 Å². The van der Waals surface area contributed by atoms with Crippen LogP contribution >= 0.6 is 0 Å². The molecule has 4 N–H and O–H groups in total. The minimum absolute atomic E-state index is 0.0540. The number of rotatable bonds is 11. The van der Waals surface area contributed by atoms with Gasteiger partial charge in [0.25, 0.3) is 0 Å². The summed E-state index contributed by atoms with van der Waals surface area (Å²) < 4.78 is 45.5. The molecule has 0 aliphatic carbocycles. The molecule has 206 valence electrons. The monoisotopic (exact) mass is 543 g/mol. The van der Waals surface area contributed by atoms with E-state index in [1.165, 1.54) is 38.6 Å². The summed E-state index contributed by atoms with van der Waals surface area (Å²) in [4.78, 5) is 34.0. The third-order valence-corrected chi connectivity index (χ3v) is 6.10. The molecule has 1 aliphatic rings. The number of aliphatic hydroxyl groups is 1. The number of nitrogens with one attached hydrogen (secondary N) is 3. The molecule has 2 unspecified atom stereocenters. The summed E-state index contributed by atoms with van der Waals surface area (Å²) in [7, 11) is 2.37. The van der Waals surface area contributed by atoms with Gasteiger partial charge < -0.3 is 35.3 Å². The van der Waals surface area contributed by atoms with Crippen LogP contribution in [0.1, 0.15) is 15.9 Å². The molecule has 13 heteroatoms. The van der Waals surface area contributed by atoms with Gasteiger partial charge in [-0.05, 0) is 18.2 Å². The molecule has 2 heterocycles. The van der Waals surface area contributed by atoms with E-state index in [9.17, 15) is 14.7 Å². The second-order valence-electron chi connectivity index (χ2n) is 8.52. The number of ketones is 1. The molecule has 2 aromatic carbocycles. The quantitative estimate of drug-likeness (QED) is 0.210. The molecule has 4 rings (SSSR count). The molecular formula is C26H27F2N5O6. The predicted octanol–water partition coefficient (Wildman–Crippen LogP) is 2.04. The summed E-state index contributed by atoms with van der Waals surface area (Å²) in [6.07, 6.45) is 2.62.